The lowest BCUT2D eigenvalue weighted by Gasteiger charge is -2.44. The molecule has 0 saturated carbocycles. The fourth-order valence-corrected chi connectivity index (χ4v) is 5.03. The zero-order valence-corrected chi connectivity index (χ0v) is 18.1. The first kappa shape index (κ1) is 19.7. The van der Waals surface area contributed by atoms with E-state index in [-0.39, 0.29) is 0 Å². The van der Waals surface area contributed by atoms with Gasteiger partial charge in [-0.2, -0.15) is 5.10 Å². The molecule has 1 unspecified atom stereocenters. The number of rotatable bonds is 4. The Balaban J connectivity index is 1.35. The minimum Gasteiger partial charge on any atom is -0.369 e. The van der Waals surface area contributed by atoms with Crippen LogP contribution < -0.4 is 4.90 Å². The Hall–Kier alpha value is -1.56. The average molecular weight is 402 g/mol. The highest BCUT2D eigenvalue weighted by Gasteiger charge is 2.29. The molecule has 0 amide bonds. The second kappa shape index (κ2) is 8.44. The number of likely N-dealkylation sites (tertiary alicyclic amines) is 1. The summed E-state index contributed by atoms with van der Waals surface area (Å²) < 4.78 is 1.79. The van der Waals surface area contributed by atoms with Crippen molar-refractivity contribution in [1.29, 1.82) is 0 Å². The molecule has 1 aromatic heterocycles. The van der Waals surface area contributed by atoms with Crippen LogP contribution in [-0.2, 0) is 13.6 Å². The fourth-order valence-electron chi connectivity index (χ4n) is 4.80. The van der Waals surface area contributed by atoms with Gasteiger partial charge in [0, 0.05) is 63.6 Å². The third-order valence-corrected chi connectivity index (χ3v) is 6.89. The number of hydrogen-bond donors (Lipinski definition) is 0. The first-order chi connectivity index (χ1) is 13.5. The monoisotopic (exact) mass is 401 g/mol. The molecule has 1 atom stereocenters. The first-order valence-corrected chi connectivity index (χ1v) is 10.9. The molecule has 2 fully saturated rings. The molecular weight excluding hydrogens is 370 g/mol. The number of para-hydroxylation sites is 1. The Bertz CT molecular complexity index is 809. The predicted molar refractivity (Wildman–Crippen MR) is 116 cm³/mol. The molecule has 0 bridgehead atoms. The summed E-state index contributed by atoms with van der Waals surface area (Å²) >= 11 is 6.46. The lowest BCUT2D eigenvalue weighted by molar-refractivity contribution is 0.0886. The highest BCUT2D eigenvalue weighted by atomic mass is 35.5. The van der Waals surface area contributed by atoms with Crippen LogP contribution in [0.15, 0.2) is 24.3 Å². The maximum Gasteiger partial charge on any atom is 0.131 e. The number of anilines is 1. The molecule has 2 aliphatic rings. The van der Waals surface area contributed by atoms with Crippen molar-refractivity contribution in [2.75, 3.05) is 44.2 Å². The first-order valence-electron chi connectivity index (χ1n) is 10.5. The van der Waals surface area contributed by atoms with E-state index in [0.717, 1.165) is 56.7 Å². The van der Waals surface area contributed by atoms with Crippen molar-refractivity contribution in [1.82, 2.24) is 19.6 Å². The van der Waals surface area contributed by atoms with E-state index < -0.39 is 0 Å². The molecule has 28 heavy (non-hydrogen) atoms. The summed E-state index contributed by atoms with van der Waals surface area (Å²) in [5, 5.41) is 5.26. The quantitative estimate of drug-likeness (QED) is 0.783. The van der Waals surface area contributed by atoms with E-state index in [4.69, 9.17) is 11.6 Å². The zero-order chi connectivity index (χ0) is 19.7. The standard InChI is InChI=1S/C22H32ClN5/c1-17-7-4-5-9-21(17)28-13-11-27(12-14-28)19-8-6-10-26(15-19)16-20-18(2)24-25(3)22(20)23/h4-5,7,9,19H,6,8,10-16H2,1-3H3. The van der Waals surface area contributed by atoms with Gasteiger partial charge < -0.3 is 4.90 Å². The minimum atomic E-state index is 0.656. The highest BCUT2D eigenvalue weighted by Crippen LogP contribution is 2.26. The molecule has 1 aromatic carbocycles. The molecule has 3 heterocycles. The van der Waals surface area contributed by atoms with Gasteiger partial charge in [0.1, 0.15) is 5.15 Å². The van der Waals surface area contributed by atoms with E-state index in [1.165, 1.54) is 29.7 Å². The molecule has 4 rings (SSSR count). The second-order valence-corrected chi connectivity index (χ2v) is 8.68. The van der Waals surface area contributed by atoms with Gasteiger partial charge in [0.2, 0.25) is 0 Å². The summed E-state index contributed by atoms with van der Waals surface area (Å²) in [6, 6.07) is 9.41. The number of nitrogens with zero attached hydrogens (tertiary/aromatic N) is 5. The Labute approximate surface area is 173 Å². The van der Waals surface area contributed by atoms with Gasteiger partial charge in [0.25, 0.3) is 0 Å². The molecule has 2 aliphatic heterocycles. The van der Waals surface area contributed by atoms with Gasteiger partial charge in [-0.3, -0.25) is 14.5 Å². The molecule has 0 spiro atoms. The smallest absolute Gasteiger partial charge is 0.131 e. The summed E-state index contributed by atoms with van der Waals surface area (Å²) in [7, 11) is 1.92. The number of hydrogen-bond acceptors (Lipinski definition) is 4. The van der Waals surface area contributed by atoms with Gasteiger partial charge in [-0.05, 0) is 44.9 Å². The molecule has 2 saturated heterocycles. The van der Waals surface area contributed by atoms with Crippen molar-refractivity contribution >= 4 is 17.3 Å². The van der Waals surface area contributed by atoms with Crippen molar-refractivity contribution < 1.29 is 0 Å². The van der Waals surface area contributed by atoms with Gasteiger partial charge in [0.05, 0.1) is 5.69 Å². The third-order valence-electron chi connectivity index (χ3n) is 6.42. The van der Waals surface area contributed by atoms with E-state index in [1.54, 1.807) is 4.68 Å². The molecule has 0 N–H and O–H groups in total. The van der Waals surface area contributed by atoms with Crippen molar-refractivity contribution in [2.24, 2.45) is 7.05 Å². The Morgan fingerprint density at radius 1 is 1.07 bits per heavy atom. The molecule has 0 radical (unpaired) electrons. The van der Waals surface area contributed by atoms with Gasteiger partial charge in [-0.1, -0.05) is 29.8 Å². The molecule has 6 heteroatoms. The molecule has 2 aromatic rings. The largest absolute Gasteiger partial charge is 0.369 e. The molecular formula is C22H32ClN5. The summed E-state index contributed by atoms with van der Waals surface area (Å²) in [4.78, 5) is 7.82. The topological polar surface area (TPSA) is 27.5 Å². The lowest BCUT2D eigenvalue weighted by Crippen LogP contribution is -2.55. The van der Waals surface area contributed by atoms with Gasteiger partial charge in [-0.15, -0.1) is 0 Å². The highest BCUT2D eigenvalue weighted by molar-refractivity contribution is 6.30. The fraction of sp³-hybridized carbons (Fsp3) is 0.591. The maximum atomic E-state index is 6.46. The van der Waals surface area contributed by atoms with Crippen LogP contribution in [0.25, 0.3) is 0 Å². The van der Waals surface area contributed by atoms with Crippen LogP contribution in [0.3, 0.4) is 0 Å². The average Bonchev–Trinajstić information content (AvgIpc) is 2.95. The Morgan fingerprint density at radius 3 is 2.50 bits per heavy atom. The minimum absolute atomic E-state index is 0.656. The summed E-state index contributed by atoms with van der Waals surface area (Å²) in [6.07, 6.45) is 2.57. The molecule has 5 nitrogen and oxygen atoms in total. The van der Waals surface area contributed by atoms with Crippen molar-refractivity contribution in [3.05, 3.63) is 46.2 Å². The van der Waals surface area contributed by atoms with E-state index in [9.17, 15) is 0 Å². The number of piperidine rings is 1. The van der Waals surface area contributed by atoms with Crippen molar-refractivity contribution in [3.63, 3.8) is 0 Å². The Kier molecular flexibility index (Phi) is 5.95. The molecule has 0 aliphatic carbocycles. The number of aromatic nitrogens is 2. The Morgan fingerprint density at radius 2 is 1.82 bits per heavy atom. The summed E-state index contributed by atoms with van der Waals surface area (Å²) in [6.45, 7) is 12.0. The number of halogens is 1. The van der Waals surface area contributed by atoms with Crippen LogP contribution in [0.1, 0.15) is 29.7 Å². The number of benzene rings is 1. The van der Waals surface area contributed by atoms with Crippen LogP contribution in [-0.4, -0.2) is 64.9 Å². The second-order valence-electron chi connectivity index (χ2n) is 8.32. The van der Waals surface area contributed by atoms with Crippen LogP contribution in [0.2, 0.25) is 5.15 Å². The third kappa shape index (κ3) is 4.07. The predicted octanol–water partition coefficient (Wildman–Crippen LogP) is 3.48. The van der Waals surface area contributed by atoms with Crippen LogP contribution in [0.4, 0.5) is 5.69 Å². The lowest BCUT2D eigenvalue weighted by atomic mass is 10.0. The maximum absolute atomic E-state index is 6.46. The molecule has 152 valence electrons. The van der Waals surface area contributed by atoms with Gasteiger partial charge in [-0.25, -0.2) is 0 Å². The van der Waals surface area contributed by atoms with E-state index in [1.807, 2.05) is 7.05 Å². The SMILES string of the molecule is Cc1ccccc1N1CCN(C2CCCN(Cc3c(C)nn(C)c3Cl)C2)CC1. The van der Waals surface area contributed by atoms with Gasteiger partial charge >= 0.3 is 0 Å². The van der Waals surface area contributed by atoms with Gasteiger partial charge in [0.15, 0.2) is 0 Å². The van der Waals surface area contributed by atoms with Crippen LogP contribution in [0, 0.1) is 13.8 Å². The van der Waals surface area contributed by atoms with Crippen LogP contribution >= 0.6 is 11.6 Å². The summed E-state index contributed by atoms with van der Waals surface area (Å²) in [5.41, 5.74) is 5.02. The zero-order valence-electron chi connectivity index (χ0n) is 17.4. The van der Waals surface area contributed by atoms with Crippen molar-refractivity contribution in [3.8, 4) is 0 Å². The van der Waals surface area contributed by atoms with E-state index >= 15 is 0 Å². The van der Waals surface area contributed by atoms with E-state index in [2.05, 4.69) is 57.9 Å². The van der Waals surface area contributed by atoms with E-state index in [0.29, 0.717) is 6.04 Å². The summed E-state index contributed by atoms with van der Waals surface area (Å²) in [5.74, 6) is 0. The number of aryl methyl sites for hydroxylation is 3. The normalized spacial score (nSPS) is 22.0. The van der Waals surface area contributed by atoms with Crippen molar-refractivity contribution in [2.45, 2.75) is 39.3 Å². The number of piperazine rings is 1. The van der Waals surface area contributed by atoms with Crippen LogP contribution in [0.5, 0.6) is 0 Å².